The molecule has 0 aromatic carbocycles. The van der Waals surface area contributed by atoms with Gasteiger partial charge in [-0.2, -0.15) is 0 Å². The molecule has 2 N–H and O–H groups in total. The summed E-state index contributed by atoms with van der Waals surface area (Å²) in [5.41, 5.74) is 4.33. The minimum atomic E-state index is -0.878. The van der Waals surface area contributed by atoms with Gasteiger partial charge in [-0.3, -0.25) is 0 Å². The molecule has 1 heterocycles. The highest BCUT2D eigenvalue weighted by molar-refractivity contribution is 5.68. The number of likely N-dealkylation sites (tertiary alicyclic amines) is 1. The van der Waals surface area contributed by atoms with Gasteiger partial charge in [0.1, 0.15) is 12.3 Å². The zero-order chi connectivity index (χ0) is 11.7. The summed E-state index contributed by atoms with van der Waals surface area (Å²) in [6.45, 7) is 5.49. The summed E-state index contributed by atoms with van der Waals surface area (Å²) in [7, 11) is 0. The van der Waals surface area contributed by atoms with Gasteiger partial charge < -0.3 is 15.4 Å². The largest absolute Gasteiger partial charge is 0.444 e. The first kappa shape index (κ1) is 12.2. The number of amides is 1. The van der Waals surface area contributed by atoms with Gasteiger partial charge in [0.15, 0.2) is 0 Å². The van der Waals surface area contributed by atoms with Crippen LogP contribution in [0, 0.1) is 0 Å². The average molecular weight is 218 g/mol. The second-order valence-corrected chi connectivity index (χ2v) is 5.15. The highest BCUT2D eigenvalue weighted by atomic mass is 19.1. The Kier molecular flexibility index (Phi) is 3.23. The summed E-state index contributed by atoms with van der Waals surface area (Å²) in [5, 5.41) is 0. The van der Waals surface area contributed by atoms with E-state index in [0.717, 1.165) is 0 Å². The van der Waals surface area contributed by atoms with E-state index < -0.39 is 23.9 Å². The van der Waals surface area contributed by atoms with E-state index in [2.05, 4.69) is 0 Å². The molecule has 0 spiro atoms. The van der Waals surface area contributed by atoms with Crippen LogP contribution in [-0.4, -0.2) is 41.9 Å². The summed E-state index contributed by atoms with van der Waals surface area (Å²) in [6.07, 6.45) is 0.0752. The maximum Gasteiger partial charge on any atom is 0.410 e. The fourth-order valence-corrected chi connectivity index (χ4v) is 1.49. The second kappa shape index (κ2) is 3.96. The fraction of sp³-hybridized carbons (Fsp3) is 0.900. The third-order valence-corrected chi connectivity index (χ3v) is 2.30. The molecule has 0 bridgehead atoms. The van der Waals surface area contributed by atoms with Gasteiger partial charge in [0.05, 0.1) is 5.54 Å². The lowest BCUT2D eigenvalue weighted by molar-refractivity contribution is 0.0282. The van der Waals surface area contributed by atoms with Crippen LogP contribution in [0.1, 0.15) is 27.2 Å². The van der Waals surface area contributed by atoms with E-state index in [1.165, 1.54) is 4.90 Å². The van der Waals surface area contributed by atoms with Crippen LogP contribution in [0.3, 0.4) is 0 Å². The molecule has 0 radical (unpaired) electrons. The Labute approximate surface area is 89.6 Å². The van der Waals surface area contributed by atoms with Crippen molar-refractivity contribution in [3.63, 3.8) is 0 Å². The molecule has 0 aromatic heterocycles. The molecule has 1 rings (SSSR count). The topological polar surface area (TPSA) is 55.6 Å². The van der Waals surface area contributed by atoms with Crippen molar-refractivity contribution in [2.45, 2.75) is 38.3 Å². The average Bonchev–Trinajstić information content (AvgIpc) is 2.46. The molecule has 4 nitrogen and oxygen atoms in total. The van der Waals surface area contributed by atoms with Crippen molar-refractivity contribution >= 4 is 6.09 Å². The van der Waals surface area contributed by atoms with Gasteiger partial charge in [-0.25, -0.2) is 9.18 Å². The zero-order valence-electron chi connectivity index (χ0n) is 9.55. The Hall–Kier alpha value is -0.840. The minimum absolute atomic E-state index is 0.235. The highest BCUT2D eigenvalue weighted by Crippen LogP contribution is 2.21. The van der Waals surface area contributed by atoms with E-state index >= 15 is 0 Å². The number of ether oxygens (including phenoxy) is 1. The molecule has 0 saturated carbocycles. The molecule has 1 fully saturated rings. The number of hydrogen-bond acceptors (Lipinski definition) is 3. The molecule has 0 aliphatic carbocycles. The number of carbonyl (C=O) groups is 1. The van der Waals surface area contributed by atoms with Crippen LogP contribution >= 0.6 is 0 Å². The maximum absolute atomic E-state index is 12.6. The van der Waals surface area contributed by atoms with E-state index in [9.17, 15) is 9.18 Å². The molecular weight excluding hydrogens is 199 g/mol. The van der Waals surface area contributed by atoms with Crippen LogP contribution in [-0.2, 0) is 4.74 Å². The molecule has 5 heteroatoms. The Bertz CT molecular complexity index is 252. The monoisotopic (exact) mass is 218 g/mol. The summed E-state index contributed by atoms with van der Waals surface area (Å²) >= 11 is 0. The smallest absolute Gasteiger partial charge is 0.410 e. The number of halogens is 1. The Morgan fingerprint density at radius 2 is 2.20 bits per heavy atom. The molecule has 1 aliphatic heterocycles. The van der Waals surface area contributed by atoms with Crippen molar-refractivity contribution < 1.29 is 13.9 Å². The molecule has 0 unspecified atom stereocenters. The molecule has 1 atom stereocenters. The number of nitrogens with zero attached hydrogens (tertiary/aromatic N) is 1. The van der Waals surface area contributed by atoms with Crippen LogP contribution in [0.25, 0.3) is 0 Å². The number of hydrogen-bond donors (Lipinski definition) is 1. The summed E-state index contributed by atoms with van der Waals surface area (Å²) < 4.78 is 17.7. The Balaban J connectivity index is 2.51. The summed E-state index contributed by atoms with van der Waals surface area (Å²) in [4.78, 5) is 13.1. The summed E-state index contributed by atoms with van der Waals surface area (Å²) in [6, 6.07) is 0. The Morgan fingerprint density at radius 3 is 2.60 bits per heavy atom. The minimum Gasteiger partial charge on any atom is -0.444 e. The van der Waals surface area contributed by atoms with Crippen LogP contribution < -0.4 is 5.73 Å². The highest BCUT2D eigenvalue weighted by Gasteiger charge is 2.38. The molecule has 88 valence electrons. The van der Waals surface area contributed by atoms with Crippen molar-refractivity contribution in [2.24, 2.45) is 5.73 Å². The maximum atomic E-state index is 12.6. The van der Waals surface area contributed by atoms with Gasteiger partial charge in [0.2, 0.25) is 0 Å². The van der Waals surface area contributed by atoms with Gasteiger partial charge >= 0.3 is 6.09 Å². The Morgan fingerprint density at radius 1 is 1.60 bits per heavy atom. The van der Waals surface area contributed by atoms with E-state index in [-0.39, 0.29) is 6.54 Å². The molecule has 1 amide bonds. The first-order valence-corrected chi connectivity index (χ1v) is 5.09. The quantitative estimate of drug-likeness (QED) is 0.721. The third kappa shape index (κ3) is 3.34. The summed E-state index contributed by atoms with van der Waals surface area (Å²) in [5.74, 6) is 0. The van der Waals surface area contributed by atoms with Crippen LogP contribution in [0.15, 0.2) is 0 Å². The van der Waals surface area contributed by atoms with Gasteiger partial charge in [-0.15, -0.1) is 0 Å². The number of nitrogens with two attached hydrogens (primary N) is 1. The number of carbonyl (C=O) groups excluding carboxylic acids is 1. The molecule has 1 saturated heterocycles. The lowest BCUT2D eigenvalue weighted by Crippen LogP contribution is -2.46. The standard InChI is InChI=1S/C10H19FN2O2/c1-9(2,3)15-8(14)13-5-4-10(12,6-11)7-13/h4-7,12H2,1-3H3/t10-/m0/s1. The molecule has 15 heavy (non-hydrogen) atoms. The van der Waals surface area contributed by atoms with Crippen molar-refractivity contribution in [3.05, 3.63) is 0 Å². The van der Waals surface area contributed by atoms with Crippen molar-refractivity contribution in [1.82, 2.24) is 4.90 Å². The molecule has 1 aliphatic rings. The second-order valence-electron chi connectivity index (χ2n) is 5.15. The first-order chi connectivity index (χ1) is 6.76. The fourth-order valence-electron chi connectivity index (χ4n) is 1.49. The van der Waals surface area contributed by atoms with Gasteiger partial charge in [-0.1, -0.05) is 0 Å². The number of rotatable bonds is 1. The van der Waals surface area contributed by atoms with E-state index in [1.807, 2.05) is 0 Å². The van der Waals surface area contributed by atoms with Gasteiger partial charge in [-0.05, 0) is 27.2 Å². The third-order valence-electron chi connectivity index (χ3n) is 2.30. The predicted octanol–water partition coefficient (Wildman–Crippen LogP) is 1.29. The SMILES string of the molecule is CC(C)(C)OC(=O)N1CC[C@](N)(CF)C1. The van der Waals surface area contributed by atoms with Crippen LogP contribution in [0.2, 0.25) is 0 Å². The zero-order valence-corrected chi connectivity index (χ0v) is 9.55. The van der Waals surface area contributed by atoms with Crippen molar-refractivity contribution in [3.8, 4) is 0 Å². The molecule has 0 aromatic rings. The van der Waals surface area contributed by atoms with Crippen molar-refractivity contribution in [2.75, 3.05) is 19.8 Å². The lowest BCUT2D eigenvalue weighted by Gasteiger charge is -2.25. The molecular formula is C10H19FN2O2. The van der Waals surface area contributed by atoms with Crippen molar-refractivity contribution in [1.29, 1.82) is 0 Å². The van der Waals surface area contributed by atoms with E-state index in [0.29, 0.717) is 13.0 Å². The lowest BCUT2D eigenvalue weighted by atomic mass is 10.0. The first-order valence-electron chi connectivity index (χ1n) is 5.09. The van der Waals surface area contributed by atoms with E-state index in [4.69, 9.17) is 10.5 Å². The van der Waals surface area contributed by atoms with Gasteiger partial charge in [0, 0.05) is 13.1 Å². The van der Waals surface area contributed by atoms with Crippen LogP contribution in [0.4, 0.5) is 9.18 Å². The van der Waals surface area contributed by atoms with E-state index in [1.54, 1.807) is 20.8 Å². The number of alkyl halides is 1. The van der Waals surface area contributed by atoms with Crippen LogP contribution in [0.5, 0.6) is 0 Å². The van der Waals surface area contributed by atoms with Gasteiger partial charge in [0.25, 0.3) is 0 Å². The predicted molar refractivity (Wildman–Crippen MR) is 55.3 cm³/mol. The normalized spacial score (nSPS) is 26.9.